The lowest BCUT2D eigenvalue weighted by molar-refractivity contribution is -0.122. The molecule has 6 nitrogen and oxygen atoms in total. The van der Waals surface area contributed by atoms with Crippen molar-refractivity contribution in [3.8, 4) is 6.07 Å². The molecule has 0 atom stereocenters. The van der Waals surface area contributed by atoms with Crippen molar-refractivity contribution in [2.45, 2.75) is 12.8 Å². The van der Waals surface area contributed by atoms with Gasteiger partial charge in [-0.3, -0.25) is 9.59 Å². The molecular weight excluding hydrogens is 330 g/mol. The van der Waals surface area contributed by atoms with Crippen molar-refractivity contribution in [1.82, 2.24) is 0 Å². The number of carbonyl (C=O) groups is 2. The van der Waals surface area contributed by atoms with Crippen molar-refractivity contribution < 1.29 is 14.3 Å². The lowest BCUT2D eigenvalue weighted by atomic mass is 10.0. The van der Waals surface area contributed by atoms with Gasteiger partial charge in [-0.05, 0) is 54.8 Å². The molecular formula is C20H19N3O3. The Balaban J connectivity index is 1.81. The van der Waals surface area contributed by atoms with Gasteiger partial charge < -0.3 is 15.0 Å². The average molecular weight is 349 g/mol. The van der Waals surface area contributed by atoms with E-state index in [-0.39, 0.29) is 18.4 Å². The minimum atomic E-state index is -0.264. The lowest BCUT2D eigenvalue weighted by Crippen LogP contribution is -2.37. The van der Waals surface area contributed by atoms with E-state index in [0.717, 1.165) is 24.1 Å². The van der Waals surface area contributed by atoms with Crippen LogP contribution in [-0.4, -0.2) is 32.1 Å². The number of anilines is 2. The first-order valence-electron chi connectivity index (χ1n) is 8.36. The Labute approximate surface area is 152 Å². The zero-order chi connectivity index (χ0) is 18.5. The van der Waals surface area contributed by atoms with Crippen LogP contribution in [0.4, 0.5) is 11.4 Å². The fourth-order valence-electron chi connectivity index (χ4n) is 3.01. The number of rotatable bonds is 4. The summed E-state index contributed by atoms with van der Waals surface area (Å²) in [6.45, 7) is 0.670. The number of ether oxygens (including phenoxy) is 1. The van der Waals surface area contributed by atoms with E-state index in [0.29, 0.717) is 23.4 Å². The normalized spacial score (nSPS) is 12.8. The standard InChI is InChI=1S/C20H19N3O3/c1-26-13-19(24)23-10-2-3-15-8-9-17(11-18(15)23)22-20(25)16-6-4-14(12-21)5-7-16/h4-9,11H,2-3,10,13H2,1H3,(H,22,25). The van der Waals surface area contributed by atoms with Crippen LogP contribution in [-0.2, 0) is 16.0 Å². The minimum absolute atomic E-state index is 0.0290. The van der Waals surface area contributed by atoms with Crippen LogP contribution < -0.4 is 10.2 Å². The Kier molecular flexibility index (Phi) is 5.30. The topological polar surface area (TPSA) is 82.4 Å². The summed E-state index contributed by atoms with van der Waals surface area (Å²) in [4.78, 5) is 26.4. The Morgan fingerprint density at radius 3 is 2.69 bits per heavy atom. The van der Waals surface area contributed by atoms with Gasteiger partial charge in [0, 0.05) is 30.6 Å². The number of nitrogens with zero attached hydrogens (tertiary/aromatic N) is 2. The van der Waals surface area contributed by atoms with Crippen LogP contribution in [0.25, 0.3) is 0 Å². The Hall–Kier alpha value is -3.17. The molecule has 3 rings (SSSR count). The number of nitriles is 1. The number of hydrogen-bond acceptors (Lipinski definition) is 4. The quantitative estimate of drug-likeness (QED) is 0.920. The molecule has 26 heavy (non-hydrogen) atoms. The fraction of sp³-hybridized carbons (Fsp3) is 0.250. The van der Waals surface area contributed by atoms with Gasteiger partial charge in [0.1, 0.15) is 6.61 Å². The molecule has 1 heterocycles. The monoisotopic (exact) mass is 349 g/mol. The molecule has 0 aromatic heterocycles. The summed E-state index contributed by atoms with van der Waals surface area (Å²) in [6.07, 6.45) is 1.80. The number of fused-ring (bicyclic) bond motifs is 1. The van der Waals surface area contributed by atoms with Crippen LogP contribution in [0.15, 0.2) is 42.5 Å². The third-order valence-corrected chi connectivity index (χ3v) is 4.31. The number of aryl methyl sites for hydroxylation is 1. The first kappa shape index (κ1) is 17.6. The maximum absolute atomic E-state index is 12.4. The highest BCUT2D eigenvalue weighted by molar-refractivity contribution is 6.05. The van der Waals surface area contributed by atoms with Crippen LogP contribution in [0.5, 0.6) is 0 Å². The molecule has 0 saturated carbocycles. The van der Waals surface area contributed by atoms with Crippen LogP contribution in [0.2, 0.25) is 0 Å². The van der Waals surface area contributed by atoms with Gasteiger partial charge in [-0.2, -0.15) is 5.26 Å². The maximum atomic E-state index is 12.4. The predicted molar refractivity (Wildman–Crippen MR) is 98.1 cm³/mol. The third-order valence-electron chi connectivity index (χ3n) is 4.31. The second kappa shape index (κ2) is 7.81. The summed E-state index contributed by atoms with van der Waals surface area (Å²) in [7, 11) is 1.50. The van der Waals surface area contributed by atoms with E-state index < -0.39 is 0 Å². The maximum Gasteiger partial charge on any atom is 0.255 e. The number of benzene rings is 2. The van der Waals surface area contributed by atoms with Crippen LogP contribution in [0.3, 0.4) is 0 Å². The SMILES string of the molecule is COCC(=O)N1CCCc2ccc(NC(=O)c3ccc(C#N)cc3)cc21. The highest BCUT2D eigenvalue weighted by Crippen LogP contribution is 2.30. The van der Waals surface area contributed by atoms with Crippen molar-refractivity contribution in [1.29, 1.82) is 5.26 Å². The zero-order valence-electron chi connectivity index (χ0n) is 14.5. The Morgan fingerprint density at radius 1 is 1.23 bits per heavy atom. The van der Waals surface area contributed by atoms with Crippen molar-refractivity contribution in [3.63, 3.8) is 0 Å². The van der Waals surface area contributed by atoms with E-state index in [1.165, 1.54) is 7.11 Å². The number of amides is 2. The largest absolute Gasteiger partial charge is 0.375 e. The molecule has 0 radical (unpaired) electrons. The molecule has 2 amide bonds. The zero-order valence-corrected chi connectivity index (χ0v) is 14.5. The molecule has 0 unspecified atom stereocenters. The summed E-state index contributed by atoms with van der Waals surface area (Å²) in [5.41, 5.74) is 3.49. The fourth-order valence-corrected chi connectivity index (χ4v) is 3.01. The van der Waals surface area contributed by atoms with Crippen molar-refractivity contribution in [2.75, 3.05) is 30.5 Å². The van der Waals surface area contributed by atoms with E-state index in [9.17, 15) is 9.59 Å². The van der Waals surface area contributed by atoms with Gasteiger partial charge >= 0.3 is 0 Å². The number of nitrogens with one attached hydrogen (secondary N) is 1. The molecule has 0 spiro atoms. The first-order valence-corrected chi connectivity index (χ1v) is 8.36. The van der Waals surface area contributed by atoms with E-state index in [4.69, 9.17) is 10.00 Å². The molecule has 0 aliphatic carbocycles. The summed E-state index contributed by atoms with van der Waals surface area (Å²) in [5.74, 6) is -0.357. The average Bonchev–Trinajstić information content (AvgIpc) is 2.67. The molecule has 6 heteroatoms. The van der Waals surface area contributed by atoms with Crippen molar-refractivity contribution in [3.05, 3.63) is 59.2 Å². The number of hydrogen-bond donors (Lipinski definition) is 1. The second-order valence-corrected chi connectivity index (χ2v) is 6.07. The number of carbonyl (C=O) groups excluding carboxylic acids is 2. The number of methoxy groups -OCH3 is 1. The van der Waals surface area contributed by atoms with Gasteiger partial charge in [0.2, 0.25) is 0 Å². The molecule has 0 fully saturated rings. The first-order chi connectivity index (χ1) is 12.6. The highest BCUT2D eigenvalue weighted by Gasteiger charge is 2.23. The van der Waals surface area contributed by atoms with E-state index in [1.807, 2.05) is 24.3 Å². The molecule has 0 saturated heterocycles. The Bertz CT molecular complexity index is 869. The van der Waals surface area contributed by atoms with Crippen molar-refractivity contribution >= 4 is 23.2 Å². The molecule has 2 aromatic rings. The smallest absolute Gasteiger partial charge is 0.255 e. The van der Waals surface area contributed by atoms with Gasteiger partial charge in [0.05, 0.1) is 11.6 Å². The summed E-state index contributed by atoms with van der Waals surface area (Å²) >= 11 is 0. The summed E-state index contributed by atoms with van der Waals surface area (Å²) < 4.78 is 4.96. The van der Waals surface area contributed by atoms with Gasteiger partial charge in [-0.25, -0.2) is 0 Å². The van der Waals surface area contributed by atoms with Crippen LogP contribution in [0.1, 0.15) is 27.9 Å². The van der Waals surface area contributed by atoms with Gasteiger partial charge in [-0.1, -0.05) is 6.07 Å². The molecule has 1 N–H and O–H groups in total. The van der Waals surface area contributed by atoms with Crippen LogP contribution in [0, 0.1) is 11.3 Å². The summed E-state index contributed by atoms with van der Waals surface area (Å²) in [5, 5.41) is 11.7. The molecule has 0 bridgehead atoms. The van der Waals surface area contributed by atoms with Crippen molar-refractivity contribution in [2.24, 2.45) is 0 Å². The van der Waals surface area contributed by atoms with E-state index in [1.54, 1.807) is 29.2 Å². The molecule has 1 aliphatic heterocycles. The van der Waals surface area contributed by atoms with Gasteiger partial charge in [0.15, 0.2) is 0 Å². The second-order valence-electron chi connectivity index (χ2n) is 6.07. The van der Waals surface area contributed by atoms with Gasteiger partial charge in [0.25, 0.3) is 11.8 Å². The highest BCUT2D eigenvalue weighted by atomic mass is 16.5. The molecule has 132 valence electrons. The molecule has 2 aromatic carbocycles. The van der Waals surface area contributed by atoms with Gasteiger partial charge in [-0.15, -0.1) is 0 Å². The minimum Gasteiger partial charge on any atom is -0.375 e. The predicted octanol–water partition coefficient (Wildman–Crippen LogP) is 2.74. The molecule has 1 aliphatic rings. The lowest BCUT2D eigenvalue weighted by Gasteiger charge is -2.29. The van der Waals surface area contributed by atoms with E-state index >= 15 is 0 Å². The van der Waals surface area contributed by atoms with E-state index in [2.05, 4.69) is 5.32 Å². The third kappa shape index (κ3) is 3.73. The Morgan fingerprint density at radius 2 is 2.00 bits per heavy atom. The van der Waals surface area contributed by atoms with Crippen LogP contribution >= 0.6 is 0 Å². The summed E-state index contributed by atoms with van der Waals surface area (Å²) in [6, 6.07) is 14.1.